The third kappa shape index (κ3) is 3.14. The van der Waals surface area contributed by atoms with Gasteiger partial charge in [-0.1, -0.05) is 6.07 Å². The van der Waals surface area contributed by atoms with E-state index in [0.717, 1.165) is 35.3 Å². The fourth-order valence-electron chi connectivity index (χ4n) is 1.90. The van der Waals surface area contributed by atoms with Crippen molar-refractivity contribution in [1.82, 2.24) is 4.31 Å². The van der Waals surface area contributed by atoms with E-state index in [4.69, 9.17) is 5.26 Å². The van der Waals surface area contributed by atoms with E-state index in [2.05, 4.69) is 0 Å². The summed E-state index contributed by atoms with van der Waals surface area (Å²) in [5.74, 6) is -2.32. The highest BCUT2D eigenvalue weighted by Crippen LogP contribution is 2.32. The Morgan fingerprint density at radius 3 is 2.65 bits per heavy atom. The second-order valence-corrected chi connectivity index (χ2v) is 6.67. The standard InChI is InChI=1S/C13H14F2N2O2S/c14-11-3-1-4-12(13(11)15)20(18,19)17(8-2-7-16)9-10-5-6-10/h1,3-4,10H,2,5-6,8-9H2. The van der Waals surface area contributed by atoms with Crippen molar-refractivity contribution in [3.05, 3.63) is 29.8 Å². The van der Waals surface area contributed by atoms with Gasteiger partial charge in [0.1, 0.15) is 4.90 Å². The molecule has 1 aromatic carbocycles. The van der Waals surface area contributed by atoms with Gasteiger partial charge >= 0.3 is 0 Å². The summed E-state index contributed by atoms with van der Waals surface area (Å²) < 4.78 is 52.7. The van der Waals surface area contributed by atoms with E-state index in [9.17, 15) is 17.2 Å². The molecule has 0 spiro atoms. The van der Waals surface area contributed by atoms with E-state index < -0.39 is 26.6 Å². The van der Waals surface area contributed by atoms with Gasteiger partial charge < -0.3 is 0 Å². The molecule has 2 rings (SSSR count). The Morgan fingerprint density at radius 2 is 2.05 bits per heavy atom. The number of nitriles is 1. The van der Waals surface area contributed by atoms with Gasteiger partial charge in [0.25, 0.3) is 0 Å². The zero-order chi connectivity index (χ0) is 14.8. The molecule has 0 amide bonds. The van der Waals surface area contributed by atoms with Crippen LogP contribution in [0.3, 0.4) is 0 Å². The van der Waals surface area contributed by atoms with Gasteiger partial charge in [0, 0.05) is 19.5 Å². The fourth-order valence-corrected chi connectivity index (χ4v) is 3.49. The summed E-state index contributed by atoms with van der Waals surface area (Å²) in [5, 5.41) is 8.59. The Labute approximate surface area is 116 Å². The van der Waals surface area contributed by atoms with Crippen LogP contribution >= 0.6 is 0 Å². The minimum Gasteiger partial charge on any atom is -0.207 e. The Morgan fingerprint density at radius 1 is 1.35 bits per heavy atom. The van der Waals surface area contributed by atoms with Gasteiger partial charge in [0.2, 0.25) is 10.0 Å². The Balaban J connectivity index is 2.33. The maximum Gasteiger partial charge on any atom is 0.246 e. The Kier molecular flexibility index (Phi) is 4.35. The maximum atomic E-state index is 13.7. The summed E-state index contributed by atoms with van der Waals surface area (Å²) in [7, 11) is -4.11. The molecule has 0 heterocycles. The van der Waals surface area contributed by atoms with E-state index in [0.29, 0.717) is 0 Å². The Bertz CT molecular complexity index is 636. The van der Waals surface area contributed by atoms with Crippen molar-refractivity contribution in [3.8, 4) is 6.07 Å². The molecule has 0 aromatic heterocycles. The molecule has 1 aliphatic carbocycles. The molecule has 0 atom stereocenters. The average Bonchev–Trinajstić information content (AvgIpc) is 3.21. The lowest BCUT2D eigenvalue weighted by Crippen LogP contribution is -2.34. The van der Waals surface area contributed by atoms with Crippen LogP contribution in [0.5, 0.6) is 0 Å². The largest absolute Gasteiger partial charge is 0.246 e. The van der Waals surface area contributed by atoms with Crippen molar-refractivity contribution in [3.63, 3.8) is 0 Å². The topological polar surface area (TPSA) is 61.2 Å². The molecule has 0 saturated heterocycles. The molecule has 0 aliphatic heterocycles. The zero-order valence-corrected chi connectivity index (χ0v) is 11.5. The minimum atomic E-state index is -4.11. The molecule has 1 fully saturated rings. The summed E-state index contributed by atoms with van der Waals surface area (Å²) >= 11 is 0. The van der Waals surface area contributed by atoms with Crippen LogP contribution in [0.2, 0.25) is 0 Å². The van der Waals surface area contributed by atoms with E-state index in [1.807, 2.05) is 6.07 Å². The van der Waals surface area contributed by atoms with Crippen molar-refractivity contribution < 1.29 is 17.2 Å². The van der Waals surface area contributed by atoms with Gasteiger partial charge in [0.15, 0.2) is 11.6 Å². The number of hydrogen-bond acceptors (Lipinski definition) is 3. The molecule has 108 valence electrons. The van der Waals surface area contributed by atoms with Crippen molar-refractivity contribution in [2.24, 2.45) is 5.92 Å². The highest BCUT2D eigenvalue weighted by atomic mass is 32.2. The smallest absolute Gasteiger partial charge is 0.207 e. The van der Waals surface area contributed by atoms with Crippen molar-refractivity contribution in [2.45, 2.75) is 24.2 Å². The van der Waals surface area contributed by atoms with Crippen LogP contribution in [-0.4, -0.2) is 25.8 Å². The predicted octanol–water partition coefficient (Wildman–Crippen LogP) is 2.28. The highest BCUT2D eigenvalue weighted by Gasteiger charge is 2.33. The van der Waals surface area contributed by atoms with E-state index >= 15 is 0 Å². The van der Waals surface area contributed by atoms with Crippen molar-refractivity contribution in [2.75, 3.05) is 13.1 Å². The highest BCUT2D eigenvalue weighted by molar-refractivity contribution is 7.89. The molecule has 0 bridgehead atoms. The summed E-state index contributed by atoms with van der Waals surface area (Å²) in [6.45, 7) is 0.241. The summed E-state index contributed by atoms with van der Waals surface area (Å²) in [6.07, 6.45) is 1.86. The molecule has 4 nitrogen and oxygen atoms in total. The maximum absolute atomic E-state index is 13.7. The number of rotatable bonds is 6. The summed E-state index contributed by atoms with van der Waals surface area (Å²) in [4.78, 5) is -0.670. The molecule has 1 aliphatic rings. The second-order valence-electron chi connectivity index (χ2n) is 4.77. The summed E-state index contributed by atoms with van der Waals surface area (Å²) in [6, 6.07) is 4.94. The third-order valence-electron chi connectivity index (χ3n) is 3.17. The molecule has 1 saturated carbocycles. The molecule has 7 heteroatoms. The first-order valence-electron chi connectivity index (χ1n) is 6.28. The lowest BCUT2D eigenvalue weighted by molar-refractivity contribution is 0.396. The van der Waals surface area contributed by atoms with Gasteiger partial charge in [-0.05, 0) is 30.9 Å². The number of nitrogens with zero attached hydrogens (tertiary/aromatic N) is 2. The average molecular weight is 300 g/mol. The predicted molar refractivity (Wildman–Crippen MR) is 68.1 cm³/mol. The van der Waals surface area contributed by atoms with E-state index in [1.165, 1.54) is 0 Å². The number of benzene rings is 1. The monoisotopic (exact) mass is 300 g/mol. The van der Waals surface area contributed by atoms with E-state index in [-0.39, 0.29) is 25.4 Å². The zero-order valence-electron chi connectivity index (χ0n) is 10.7. The van der Waals surface area contributed by atoms with Crippen LogP contribution < -0.4 is 0 Å². The van der Waals surface area contributed by atoms with Crippen LogP contribution in [0, 0.1) is 28.9 Å². The number of hydrogen-bond donors (Lipinski definition) is 0. The normalized spacial score (nSPS) is 15.3. The van der Waals surface area contributed by atoms with Crippen LogP contribution in [0.1, 0.15) is 19.3 Å². The molecule has 0 unspecified atom stereocenters. The van der Waals surface area contributed by atoms with E-state index in [1.54, 1.807) is 0 Å². The summed E-state index contributed by atoms with van der Waals surface area (Å²) in [5.41, 5.74) is 0. The quantitative estimate of drug-likeness (QED) is 0.809. The number of halogens is 2. The fraction of sp³-hybridized carbons (Fsp3) is 0.462. The molecule has 20 heavy (non-hydrogen) atoms. The first-order chi connectivity index (χ1) is 9.46. The van der Waals surface area contributed by atoms with Crippen LogP contribution in [-0.2, 0) is 10.0 Å². The lowest BCUT2D eigenvalue weighted by atomic mass is 10.3. The first kappa shape index (κ1) is 14.9. The molecule has 0 N–H and O–H groups in total. The molecule has 0 radical (unpaired) electrons. The van der Waals surface area contributed by atoms with Crippen molar-refractivity contribution in [1.29, 1.82) is 5.26 Å². The Hall–Kier alpha value is -1.52. The van der Waals surface area contributed by atoms with Gasteiger partial charge in [0.05, 0.1) is 6.07 Å². The van der Waals surface area contributed by atoms with Crippen LogP contribution in [0.25, 0.3) is 0 Å². The van der Waals surface area contributed by atoms with Gasteiger partial charge in [-0.2, -0.15) is 9.57 Å². The van der Waals surface area contributed by atoms with Gasteiger partial charge in [-0.25, -0.2) is 17.2 Å². The van der Waals surface area contributed by atoms with Crippen molar-refractivity contribution >= 4 is 10.0 Å². The first-order valence-corrected chi connectivity index (χ1v) is 7.72. The lowest BCUT2D eigenvalue weighted by Gasteiger charge is -2.21. The van der Waals surface area contributed by atoms with Gasteiger partial charge in [-0.15, -0.1) is 0 Å². The minimum absolute atomic E-state index is 0.00864. The second kappa shape index (κ2) is 5.85. The van der Waals surface area contributed by atoms with Crippen LogP contribution in [0.4, 0.5) is 8.78 Å². The van der Waals surface area contributed by atoms with Gasteiger partial charge in [-0.3, -0.25) is 0 Å². The van der Waals surface area contributed by atoms with Crippen LogP contribution in [0.15, 0.2) is 23.1 Å². The number of sulfonamides is 1. The molecular formula is C13H14F2N2O2S. The SMILES string of the molecule is N#CCCN(CC1CC1)S(=O)(=O)c1cccc(F)c1F. The third-order valence-corrected chi connectivity index (χ3v) is 5.05. The molecular weight excluding hydrogens is 286 g/mol. The molecule has 1 aromatic rings.